The number of H-pyrrole nitrogens is 1. The number of ether oxygens (including phenoxy) is 1. The zero-order chi connectivity index (χ0) is 17.5. The van der Waals surface area contributed by atoms with Crippen molar-refractivity contribution in [2.75, 3.05) is 20.2 Å². The molecule has 0 atom stereocenters. The number of benzene rings is 1. The van der Waals surface area contributed by atoms with Gasteiger partial charge in [-0.25, -0.2) is 0 Å². The second-order valence-corrected chi connectivity index (χ2v) is 6.02. The highest BCUT2D eigenvalue weighted by Crippen LogP contribution is 2.16. The molecule has 1 aromatic heterocycles. The summed E-state index contributed by atoms with van der Waals surface area (Å²) in [6.07, 6.45) is 1.49. The van der Waals surface area contributed by atoms with Crippen molar-refractivity contribution in [2.24, 2.45) is 0 Å². The van der Waals surface area contributed by atoms with Crippen LogP contribution in [-0.4, -0.2) is 36.2 Å². The first-order valence-electron chi connectivity index (χ1n) is 8.06. The van der Waals surface area contributed by atoms with E-state index in [1.165, 1.54) is 17.2 Å². The van der Waals surface area contributed by atoms with Gasteiger partial charge in [-0.3, -0.25) is 9.59 Å². The highest BCUT2D eigenvalue weighted by atomic mass is 16.5. The van der Waals surface area contributed by atoms with Gasteiger partial charge >= 0.3 is 0 Å². The van der Waals surface area contributed by atoms with Crippen molar-refractivity contribution in [3.63, 3.8) is 0 Å². The lowest BCUT2D eigenvalue weighted by atomic mass is 10.1. The molecule has 2 aromatic rings. The van der Waals surface area contributed by atoms with Gasteiger partial charge in [-0.05, 0) is 43.5 Å². The van der Waals surface area contributed by atoms with Gasteiger partial charge in [0.05, 0.1) is 6.61 Å². The van der Waals surface area contributed by atoms with Crippen molar-refractivity contribution in [1.82, 2.24) is 10.1 Å². The fourth-order valence-electron chi connectivity index (χ4n) is 2.50. The molecule has 0 spiro atoms. The quantitative estimate of drug-likeness (QED) is 0.753. The topological polar surface area (TPSA) is 75.5 Å². The standard InChI is InChI=1S/C18H24N2O4/c1-13-9-14(2)11-16(10-13)23-8-4-7-20(3)18(22)6-5-15-12-17(21)19-24-15/h9-12H,4-8H2,1-3H3,(H,19,21). The van der Waals surface area contributed by atoms with Gasteiger partial charge < -0.3 is 14.2 Å². The van der Waals surface area contributed by atoms with Crippen LogP contribution in [0.1, 0.15) is 29.7 Å². The normalized spacial score (nSPS) is 10.6. The summed E-state index contributed by atoms with van der Waals surface area (Å²) in [6, 6.07) is 7.48. The number of aryl methyl sites for hydroxylation is 3. The van der Waals surface area contributed by atoms with Crippen LogP contribution >= 0.6 is 0 Å². The minimum absolute atomic E-state index is 0.0187. The molecule has 1 amide bonds. The van der Waals surface area contributed by atoms with E-state index in [1.54, 1.807) is 11.9 Å². The third kappa shape index (κ3) is 5.61. The van der Waals surface area contributed by atoms with Crippen LogP contribution in [0.2, 0.25) is 0 Å². The molecular weight excluding hydrogens is 308 g/mol. The molecule has 130 valence electrons. The van der Waals surface area contributed by atoms with Crippen LogP contribution in [0, 0.1) is 13.8 Å². The molecule has 0 radical (unpaired) electrons. The maximum absolute atomic E-state index is 12.0. The Balaban J connectivity index is 1.67. The number of nitrogens with one attached hydrogen (secondary N) is 1. The van der Waals surface area contributed by atoms with Crippen molar-refractivity contribution < 1.29 is 14.1 Å². The second kappa shape index (κ2) is 8.38. The summed E-state index contributed by atoms with van der Waals surface area (Å²) in [6.45, 7) is 5.27. The number of nitrogens with zero attached hydrogens (tertiary/aromatic N) is 1. The van der Waals surface area contributed by atoms with Crippen LogP contribution in [-0.2, 0) is 11.2 Å². The summed E-state index contributed by atoms with van der Waals surface area (Å²) in [5.74, 6) is 1.38. The molecule has 0 saturated heterocycles. The summed E-state index contributed by atoms with van der Waals surface area (Å²) in [7, 11) is 1.77. The van der Waals surface area contributed by atoms with E-state index >= 15 is 0 Å². The average molecular weight is 332 g/mol. The average Bonchev–Trinajstić information content (AvgIpc) is 2.93. The van der Waals surface area contributed by atoms with Crippen molar-refractivity contribution in [3.8, 4) is 5.75 Å². The Labute approximate surface area is 141 Å². The van der Waals surface area contributed by atoms with Crippen molar-refractivity contribution in [1.29, 1.82) is 0 Å². The lowest BCUT2D eigenvalue weighted by Gasteiger charge is -2.17. The Morgan fingerprint density at radius 3 is 2.54 bits per heavy atom. The molecule has 6 heteroatoms. The molecule has 0 bridgehead atoms. The van der Waals surface area contributed by atoms with Crippen molar-refractivity contribution in [3.05, 3.63) is 51.5 Å². The molecule has 1 aromatic carbocycles. The highest BCUT2D eigenvalue weighted by Gasteiger charge is 2.10. The van der Waals surface area contributed by atoms with Gasteiger partial charge in [0.2, 0.25) is 5.91 Å². The number of carbonyl (C=O) groups is 1. The summed E-state index contributed by atoms with van der Waals surface area (Å²) in [5.41, 5.74) is 2.07. The largest absolute Gasteiger partial charge is 0.494 e. The molecule has 0 fully saturated rings. The van der Waals surface area contributed by atoms with Crippen LogP contribution < -0.4 is 10.3 Å². The minimum Gasteiger partial charge on any atom is -0.494 e. The Bertz CT molecular complexity index is 712. The predicted octanol–water partition coefficient (Wildman–Crippen LogP) is 2.44. The lowest BCUT2D eigenvalue weighted by Crippen LogP contribution is -2.28. The minimum atomic E-state index is -0.283. The number of rotatable bonds is 8. The van der Waals surface area contributed by atoms with Crippen LogP contribution in [0.15, 0.2) is 33.6 Å². The predicted molar refractivity (Wildman–Crippen MR) is 91.3 cm³/mol. The number of aromatic nitrogens is 1. The highest BCUT2D eigenvalue weighted by molar-refractivity contribution is 5.76. The molecular formula is C18H24N2O4. The van der Waals surface area contributed by atoms with E-state index < -0.39 is 0 Å². The van der Waals surface area contributed by atoms with Crippen molar-refractivity contribution >= 4 is 5.91 Å². The summed E-state index contributed by atoms with van der Waals surface area (Å²) < 4.78 is 10.7. The van der Waals surface area contributed by atoms with Gasteiger partial charge in [0.1, 0.15) is 11.5 Å². The van der Waals surface area contributed by atoms with E-state index in [1.807, 2.05) is 26.0 Å². The molecule has 0 aliphatic carbocycles. The molecule has 2 rings (SSSR count). The monoisotopic (exact) mass is 332 g/mol. The second-order valence-electron chi connectivity index (χ2n) is 6.02. The Morgan fingerprint density at radius 2 is 1.92 bits per heavy atom. The summed E-state index contributed by atoms with van der Waals surface area (Å²) in [5, 5.41) is 2.21. The van der Waals surface area contributed by atoms with E-state index in [0.717, 1.165) is 12.2 Å². The molecule has 1 N–H and O–H groups in total. The van der Waals surface area contributed by atoms with Gasteiger partial charge in [-0.2, -0.15) is 5.16 Å². The first-order valence-corrected chi connectivity index (χ1v) is 8.06. The van der Waals surface area contributed by atoms with Gasteiger partial charge in [0, 0.05) is 32.5 Å². The SMILES string of the molecule is Cc1cc(C)cc(OCCCN(C)C(=O)CCc2cc(=O)[nH]o2)c1. The molecule has 24 heavy (non-hydrogen) atoms. The van der Waals surface area contributed by atoms with E-state index in [-0.39, 0.29) is 11.5 Å². The zero-order valence-electron chi connectivity index (χ0n) is 14.4. The third-order valence-corrected chi connectivity index (χ3v) is 3.69. The van der Waals surface area contributed by atoms with E-state index in [9.17, 15) is 9.59 Å². The molecule has 0 aliphatic rings. The Kier molecular flexibility index (Phi) is 6.23. The maximum Gasteiger partial charge on any atom is 0.280 e. The Hall–Kier alpha value is -2.50. The summed E-state index contributed by atoms with van der Waals surface area (Å²) in [4.78, 5) is 24.7. The molecule has 0 saturated carbocycles. The number of aromatic amines is 1. The maximum atomic E-state index is 12.0. The van der Waals surface area contributed by atoms with E-state index in [2.05, 4.69) is 11.2 Å². The number of amides is 1. The van der Waals surface area contributed by atoms with Crippen LogP contribution in [0.3, 0.4) is 0 Å². The van der Waals surface area contributed by atoms with E-state index in [0.29, 0.717) is 31.8 Å². The van der Waals surface area contributed by atoms with E-state index in [4.69, 9.17) is 9.26 Å². The fourth-order valence-corrected chi connectivity index (χ4v) is 2.50. The number of hydrogen-bond acceptors (Lipinski definition) is 4. The number of hydrogen-bond donors (Lipinski definition) is 1. The molecule has 0 aliphatic heterocycles. The first-order chi connectivity index (χ1) is 11.4. The smallest absolute Gasteiger partial charge is 0.280 e. The van der Waals surface area contributed by atoms with Crippen LogP contribution in [0.4, 0.5) is 0 Å². The molecule has 6 nitrogen and oxygen atoms in total. The van der Waals surface area contributed by atoms with Gasteiger partial charge in [0.15, 0.2) is 0 Å². The van der Waals surface area contributed by atoms with Gasteiger partial charge in [-0.1, -0.05) is 6.07 Å². The van der Waals surface area contributed by atoms with Gasteiger partial charge in [-0.15, -0.1) is 0 Å². The van der Waals surface area contributed by atoms with Gasteiger partial charge in [0.25, 0.3) is 5.56 Å². The lowest BCUT2D eigenvalue weighted by molar-refractivity contribution is -0.130. The summed E-state index contributed by atoms with van der Waals surface area (Å²) >= 11 is 0. The molecule has 1 heterocycles. The van der Waals surface area contributed by atoms with Crippen LogP contribution in [0.5, 0.6) is 5.75 Å². The van der Waals surface area contributed by atoms with Crippen molar-refractivity contribution in [2.45, 2.75) is 33.1 Å². The first kappa shape index (κ1) is 17.8. The fraction of sp³-hybridized carbons (Fsp3) is 0.444. The third-order valence-electron chi connectivity index (χ3n) is 3.69. The number of carbonyl (C=O) groups excluding carboxylic acids is 1. The Morgan fingerprint density at radius 1 is 1.21 bits per heavy atom. The van der Waals surface area contributed by atoms with Crippen LogP contribution in [0.25, 0.3) is 0 Å². The molecule has 0 unspecified atom stereocenters. The zero-order valence-corrected chi connectivity index (χ0v) is 14.4.